The van der Waals surface area contributed by atoms with E-state index in [0.29, 0.717) is 5.75 Å². The third kappa shape index (κ3) is 2.39. The maximum Gasteiger partial charge on any atom is 0.120 e. The Kier molecular flexibility index (Phi) is 3.55. The Hall–Kier alpha value is -1.02. The highest BCUT2D eigenvalue weighted by Crippen LogP contribution is 2.36. The summed E-state index contributed by atoms with van der Waals surface area (Å²) < 4.78 is 0. The van der Waals surface area contributed by atoms with Crippen LogP contribution in [-0.2, 0) is 6.54 Å². The molecule has 0 unspecified atom stereocenters. The highest BCUT2D eigenvalue weighted by Gasteiger charge is 2.33. The predicted molar refractivity (Wildman–Crippen MR) is 73.5 cm³/mol. The van der Waals surface area contributed by atoms with Crippen molar-refractivity contribution in [2.24, 2.45) is 5.92 Å². The van der Waals surface area contributed by atoms with Crippen molar-refractivity contribution < 1.29 is 5.11 Å². The first-order valence-electron chi connectivity index (χ1n) is 7.35. The number of piperidine rings is 1. The molecular formula is C16H23NO. The third-order valence-electron chi connectivity index (χ3n) is 4.72. The van der Waals surface area contributed by atoms with E-state index in [-0.39, 0.29) is 0 Å². The maximum atomic E-state index is 9.91. The number of phenolic OH excluding ortho intramolecular Hbond substituents is 1. The molecule has 0 radical (unpaired) electrons. The van der Waals surface area contributed by atoms with Crippen LogP contribution >= 0.6 is 0 Å². The zero-order valence-corrected chi connectivity index (χ0v) is 11.0. The van der Waals surface area contributed by atoms with Crippen molar-refractivity contribution in [1.82, 2.24) is 4.90 Å². The number of para-hydroxylation sites is 1. The molecule has 1 aromatic carbocycles. The molecule has 1 saturated heterocycles. The van der Waals surface area contributed by atoms with E-state index in [9.17, 15) is 5.11 Å². The Balaban J connectivity index is 1.73. The van der Waals surface area contributed by atoms with Crippen molar-refractivity contribution in [3.63, 3.8) is 0 Å². The molecule has 0 aromatic heterocycles. The first-order chi connectivity index (χ1) is 8.84. The Morgan fingerprint density at radius 2 is 1.83 bits per heavy atom. The fourth-order valence-corrected chi connectivity index (χ4v) is 3.79. The highest BCUT2D eigenvalue weighted by atomic mass is 16.3. The molecule has 1 aliphatic heterocycles. The van der Waals surface area contributed by atoms with Gasteiger partial charge < -0.3 is 5.11 Å². The number of rotatable bonds is 2. The van der Waals surface area contributed by atoms with Gasteiger partial charge in [0.25, 0.3) is 0 Å². The SMILES string of the molecule is Oc1ccccc1CN1CCC[C@H]2CCCC[C@@H]21. The number of hydrogen-bond donors (Lipinski definition) is 1. The lowest BCUT2D eigenvalue weighted by atomic mass is 9.78. The van der Waals surface area contributed by atoms with Crippen LogP contribution in [0.4, 0.5) is 0 Å². The van der Waals surface area contributed by atoms with E-state index in [1.165, 1.54) is 45.1 Å². The van der Waals surface area contributed by atoms with Gasteiger partial charge in [-0.2, -0.15) is 0 Å². The lowest BCUT2D eigenvalue weighted by molar-refractivity contribution is 0.0541. The molecule has 1 aliphatic carbocycles. The monoisotopic (exact) mass is 245 g/mol. The summed E-state index contributed by atoms with van der Waals surface area (Å²) in [7, 11) is 0. The molecule has 1 saturated carbocycles. The van der Waals surface area contributed by atoms with Gasteiger partial charge in [-0.3, -0.25) is 4.90 Å². The summed E-state index contributed by atoms with van der Waals surface area (Å²) in [6.45, 7) is 2.13. The molecule has 0 bridgehead atoms. The Labute approximate surface area is 110 Å². The molecule has 1 aromatic rings. The standard InChI is InChI=1S/C16H23NO/c18-16-10-4-2-7-14(16)12-17-11-5-8-13-6-1-3-9-15(13)17/h2,4,7,10,13,15,18H,1,3,5-6,8-9,11-12H2/t13-,15+/m1/s1. The number of nitrogens with zero attached hydrogens (tertiary/aromatic N) is 1. The zero-order valence-electron chi connectivity index (χ0n) is 11.0. The average molecular weight is 245 g/mol. The third-order valence-corrected chi connectivity index (χ3v) is 4.72. The molecule has 18 heavy (non-hydrogen) atoms. The van der Waals surface area contributed by atoms with Crippen LogP contribution in [0, 0.1) is 5.92 Å². The average Bonchev–Trinajstić information content (AvgIpc) is 2.42. The largest absolute Gasteiger partial charge is 0.508 e. The van der Waals surface area contributed by atoms with Crippen LogP contribution in [0.1, 0.15) is 44.1 Å². The minimum Gasteiger partial charge on any atom is -0.508 e. The van der Waals surface area contributed by atoms with Crippen LogP contribution < -0.4 is 0 Å². The second-order valence-corrected chi connectivity index (χ2v) is 5.85. The minimum atomic E-state index is 0.454. The van der Waals surface area contributed by atoms with Crippen LogP contribution in [0.5, 0.6) is 5.75 Å². The Bertz CT molecular complexity index is 402. The molecule has 1 N–H and O–H groups in total. The second-order valence-electron chi connectivity index (χ2n) is 5.85. The van der Waals surface area contributed by atoms with E-state index < -0.39 is 0 Å². The lowest BCUT2D eigenvalue weighted by Crippen LogP contribution is -2.46. The van der Waals surface area contributed by atoms with Gasteiger partial charge in [0.1, 0.15) is 5.75 Å². The Morgan fingerprint density at radius 1 is 1.06 bits per heavy atom. The molecule has 2 atom stereocenters. The number of hydrogen-bond acceptors (Lipinski definition) is 2. The smallest absolute Gasteiger partial charge is 0.120 e. The molecule has 2 aliphatic rings. The van der Waals surface area contributed by atoms with Crippen LogP contribution in [0.25, 0.3) is 0 Å². The van der Waals surface area contributed by atoms with Crippen LogP contribution in [0.3, 0.4) is 0 Å². The van der Waals surface area contributed by atoms with Crippen LogP contribution in [-0.4, -0.2) is 22.6 Å². The summed E-state index contributed by atoms with van der Waals surface area (Å²) in [5.74, 6) is 1.37. The summed E-state index contributed by atoms with van der Waals surface area (Å²) in [6.07, 6.45) is 8.33. The fraction of sp³-hybridized carbons (Fsp3) is 0.625. The van der Waals surface area contributed by atoms with E-state index >= 15 is 0 Å². The molecule has 3 rings (SSSR count). The fourth-order valence-electron chi connectivity index (χ4n) is 3.79. The molecule has 1 heterocycles. The summed E-state index contributed by atoms with van der Waals surface area (Å²) in [5, 5.41) is 9.91. The Morgan fingerprint density at radius 3 is 2.72 bits per heavy atom. The molecule has 0 spiro atoms. The van der Waals surface area contributed by atoms with Crippen molar-refractivity contribution in [3.8, 4) is 5.75 Å². The quantitative estimate of drug-likeness (QED) is 0.861. The number of likely N-dealkylation sites (tertiary alicyclic amines) is 1. The number of aromatic hydroxyl groups is 1. The van der Waals surface area contributed by atoms with Gasteiger partial charge in [-0.1, -0.05) is 31.0 Å². The van der Waals surface area contributed by atoms with Gasteiger partial charge in [0.05, 0.1) is 0 Å². The maximum absolute atomic E-state index is 9.91. The van der Waals surface area contributed by atoms with Crippen LogP contribution in [0.15, 0.2) is 24.3 Å². The van der Waals surface area contributed by atoms with Gasteiger partial charge in [0, 0.05) is 18.2 Å². The van der Waals surface area contributed by atoms with E-state index in [1.807, 2.05) is 12.1 Å². The summed E-state index contributed by atoms with van der Waals surface area (Å²) in [5.41, 5.74) is 1.09. The number of benzene rings is 1. The van der Waals surface area contributed by atoms with E-state index in [1.54, 1.807) is 6.07 Å². The molecule has 0 amide bonds. The van der Waals surface area contributed by atoms with Gasteiger partial charge >= 0.3 is 0 Å². The molecule has 98 valence electrons. The first-order valence-corrected chi connectivity index (χ1v) is 7.35. The lowest BCUT2D eigenvalue weighted by Gasteiger charge is -2.44. The summed E-state index contributed by atoms with van der Waals surface area (Å²) in [6, 6.07) is 8.56. The van der Waals surface area contributed by atoms with E-state index in [0.717, 1.165) is 24.1 Å². The van der Waals surface area contributed by atoms with Gasteiger partial charge in [0.15, 0.2) is 0 Å². The van der Waals surface area contributed by atoms with Crippen LogP contribution in [0.2, 0.25) is 0 Å². The summed E-state index contributed by atoms with van der Waals surface area (Å²) >= 11 is 0. The van der Waals surface area contributed by atoms with Crippen molar-refractivity contribution in [1.29, 1.82) is 0 Å². The zero-order chi connectivity index (χ0) is 12.4. The van der Waals surface area contributed by atoms with Gasteiger partial charge in [0.2, 0.25) is 0 Å². The summed E-state index contributed by atoms with van der Waals surface area (Å²) in [4.78, 5) is 2.61. The highest BCUT2D eigenvalue weighted by molar-refractivity contribution is 5.31. The van der Waals surface area contributed by atoms with Gasteiger partial charge in [-0.05, 0) is 44.2 Å². The van der Waals surface area contributed by atoms with E-state index in [4.69, 9.17) is 0 Å². The predicted octanol–water partition coefficient (Wildman–Crippen LogP) is 3.55. The normalized spacial score (nSPS) is 28.9. The molecule has 2 heteroatoms. The molecular weight excluding hydrogens is 222 g/mol. The topological polar surface area (TPSA) is 23.5 Å². The van der Waals surface area contributed by atoms with Crippen molar-refractivity contribution in [3.05, 3.63) is 29.8 Å². The van der Waals surface area contributed by atoms with E-state index in [2.05, 4.69) is 11.0 Å². The van der Waals surface area contributed by atoms with Crippen molar-refractivity contribution in [2.75, 3.05) is 6.54 Å². The van der Waals surface area contributed by atoms with Gasteiger partial charge in [-0.25, -0.2) is 0 Å². The molecule has 2 nitrogen and oxygen atoms in total. The van der Waals surface area contributed by atoms with Crippen molar-refractivity contribution in [2.45, 2.75) is 51.1 Å². The minimum absolute atomic E-state index is 0.454. The van der Waals surface area contributed by atoms with Crippen molar-refractivity contribution >= 4 is 0 Å². The first kappa shape index (κ1) is 12.0. The number of phenols is 1. The second kappa shape index (κ2) is 5.31. The molecule has 2 fully saturated rings. The van der Waals surface area contributed by atoms with Gasteiger partial charge in [-0.15, -0.1) is 0 Å². The number of fused-ring (bicyclic) bond motifs is 1.